The molecule has 0 bridgehead atoms. The summed E-state index contributed by atoms with van der Waals surface area (Å²) in [4.78, 5) is 19.7. The first kappa shape index (κ1) is 18.9. The normalized spacial score (nSPS) is 16.5. The number of para-hydroxylation sites is 2. The monoisotopic (exact) mass is 415 g/mol. The second-order valence-electron chi connectivity index (χ2n) is 7.92. The zero-order valence-electron chi connectivity index (χ0n) is 16.8. The molecule has 0 saturated carbocycles. The molecule has 4 nitrogen and oxygen atoms in total. The SMILES string of the molecule is Cc1ccc(N2C[C@@H](c3nc4ccccc4n3Cc3cccc(Cl)c3)CC2=O)cc1. The Labute approximate surface area is 180 Å². The molecular formula is C25H22ClN3O. The number of aryl methyl sites for hydroxylation is 1. The van der Waals surface area contributed by atoms with Crippen molar-refractivity contribution in [3.05, 3.63) is 94.8 Å². The third-order valence-electron chi connectivity index (χ3n) is 5.75. The molecule has 5 rings (SSSR count). The highest BCUT2D eigenvalue weighted by atomic mass is 35.5. The summed E-state index contributed by atoms with van der Waals surface area (Å²) in [6.45, 7) is 3.36. The lowest BCUT2D eigenvalue weighted by Crippen LogP contribution is -2.24. The molecule has 0 spiro atoms. The van der Waals surface area contributed by atoms with Gasteiger partial charge in [-0.1, -0.05) is 53.6 Å². The highest BCUT2D eigenvalue weighted by molar-refractivity contribution is 6.30. The van der Waals surface area contributed by atoms with Gasteiger partial charge in [-0.05, 0) is 48.9 Å². The molecule has 3 aromatic carbocycles. The van der Waals surface area contributed by atoms with Gasteiger partial charge in [0.2, 0.25) is 5.91 Å². The molecule has 0 radical (unpaired) electrons. The Kier molecular flexibility index (Phi) is 4.80. The summed E-state index contributed by atoms with van der Waals surface area (Å²) in [6, 6.07) is 24.2. The van der Waals surface area contributed by atoms with Gasteiger partial charge in [-0.25, -0.2) is 4.98 Å². The van der Waals surface area contributed by atoms with E-state index in [1.54, 1.807) is 0 Å². The molecule has 5 heteroatoms. The Balaban J connectivity index is 1.52. The summed E-state index contributed by atoms with van der Waals surface area (Å²) in [7, 11) is 0. The average molecular weight is 416 g/mol. The van der Waals surface area contributed by atoms with Crippen molar-refractivity contribution in [2.45, 2.75) is 25.8 Å². The Morgan fingerprint density at radius 2 is 1.83 bits per heavy atom. The molecule has 0 aliphatic carbocycles. The van der Waals surface area contributed by atoms with Crippen LogP contribution in [0.5, 0.6) is 0 Å². The Morgan fingerprint density at radius 3 is 2.63 bits per heavy atom. The Bertz CT molecular complexity index is 1230. The van der Waals surface area contributed by atoms with Crippen molar-refractivity contribution in [1.29, 1.82) is 0 Å². The van der Waals surface area contributed by atoms with E-state index in [2.05, 4.69) is 23.6 Å². The molecule has 1 aliphatic heterocycles. The van der Waals surface area contributed by atoms with Crippen LogP contribution in [0, 0.1) is 6.92 Å². The molecule has 2 heterocycles. The number of hydrogen-bond donors (Lipinski definition) is 0. The van der Waals surface area contributed by atoms with Gasteiger partial charge in [0.1, 0.15) is 5.82 Å². The van der Waals surface area contributed by atoms with E-state index >= 15 is 0 Å². The van der Waals surface area contributed by atoms with Gasteiger partial charge in [-0.2, -0.15) is 0 Å². The van der Waals surface area contributed by atoms with E-state index in [9.17, 15) is 4.79 Å². The molecule has 1 amide bonds. The highest BCUT2D eigenvalue weighted by Crippen LogP contribution is 2.33. The van der Waals surface area contributed by atoms with Gasteiger partial charge in [0.15, 0.2) is 0 Å². The van der Waals surface area contributed by atoms with E-state index in [0.717, 1.165) is 33.1 Å². The van der Waals surface area contributed by atoms with Crippen LogP contribution in [-0.2, 0) is 11.3 Å². The molecule has 30 heavy (non-hydrogen) atoms. The number of rotatable bonds is 4. The number of halogens is 1. The number of hydrogen-bond acceptors (Lipinski definition) is 2. The number of carbonyl (C=O) groups is 1. The molecule has 1 aliphatic rings. The number of carbonyl (C=O) groups excluding carboxylic acids is 1. The summed E-state index contributed by atoms with van der Waals surface area (Å²) < 4.78 is 2.23. The third kappa shape index (κ3) is 3.48. The molecular weight excluding hydrogens is 394 g/mol. The number of benzene rings is 3. The quantitative estimate of drug-likeness (QED) is 0.437. The van der Waals surface area contributed by atoms with Crippen molar-refractivity contribution in [2.24, 2.45) is 0 Å². The molecule has 4 aromatic rings. The molecule has 1 fully saturated rings. The van der Waals surface area contributed by atoms with Crippen molar-refractivity contribution in [1.82, 2.24) is 9.55 Å². The molecule has 0 unspecified atom stereocenters. The maximum atomic E-state index is 12.8. The predicted molar refractivity (Wildman–Crippen MR) is 121 cm³/mol. The lowest BCUT2D eigenvalue weighted by Gasteiger charge is -2.18. The smallest absolute Gasteiger partial charge is 0.227 e. The van der Waals surface area contributed by atoms with Crippen LogP contribution in [0.15, 0.2) is 72.8 Å². The predicted octanol–water partition coefficient (Wildman–Crippen LogP) is 5.57. The number of nitrogens with zero attached hydrogens (tertiary/aromatic N) is 3. The largest absolute Gasteiger partial charge is 0.323 e. The van der Waals surface area contributed by atoms with Crippen LogP contribution < -0.4 is 4.90 Å². The van der Waals surface area contributed by atoms with Crippen LogP contribution in [0.1, 0.15) is 29.3 Å². The first-order chi connectivity index (χ1) is 14.6. The van der Waals surface area contributed by atoms with Gasteiger partial charge in [0.05, 0.1) is 11.0 Å². The third-order valence-corrected chi connectivity index (χ3v) is 5.98. The molecule has 1 atom stereocenters. The molecule has 0 N–H and O–H groups in total. The molecule has 1 saturated heterocycles. The standard InChI is InChI=1S/C25H22ClN3O/c1-17-9-11-21(12-10-17)28-16-19(14-24(28)30)25-27-22-7-2-3-8-23(22)29(25)15-18-5-4-6-20(26)13-18/h2-13,19H,14-16H2,1H3/t19-/m0/s1. The first-order valence-corrected chi connectivity index (χ1v) is 10.5. The number of amides is 1. The maximum absolute atomic E-state index is 12.8. The topological polar surface area (TPSA) is 38.1 Å². The van der Waals surface area contributed by atoms with Crippen LogP contribution in [0.3, 0.4) is 0 Å². The number of imidazole rings is 1. The van der Waals surface area contributed by atoms with Crippen molar-refractivity contribution in [2.75, 3.05) is 11.4 Å². The lowest BCUT2D eigenvalue weighted by molar-refractivity contribution is -0.117. The summed E-state index contributed by atoms with van der Waals surface area (Å²) in [6.07, 6.45) is 0.465. The van der Waals surface area contributed by atoms with Crippen LogP contribution in [-0.4, -0.2) is 22.0 Å². The lowest BCUT2D eigenvalue weighted by atomic mass is 10.1. The van der Waals surface area contributed by atoms with Gasteiger partial charge in [0, 0.05) is 36.1 Å². The van der Waals surface area contributed by atoms with E-state index in [1.807, 2.05) is 65.6 Å². The number of aromatic nitrogens is 2. The van der Waals surface area contributed by atoms with E-state index < -0.39 is 0 Å². The first-order valence-electron chi connectivity index (χ1n) is 10.1. The van der Waals surface area contributed by atoms with E-state index in [-0.39, 0.29) is 11.8 Å². The number of anilines is 1. The second kappa shape index (κ2) is 7.62. The van der Waals surface area contributed by atoms with E-state index in [4.69, 9.17) is 16.6 Å². The Hall–Kier alpha value is -3.11. The van der Waals surface area contributed by atoms with Crippen molar-refractivity contribution >= 4 is 34.2 Å². The van der Waals surface area contributed by atoms with E-state index in [1.165, 1.54) is 5.56 Å². The summed E-state index contributed by atoms with van der Waals surface area (Å²) in [5.74, 6) is 1.15. The van der Waals surface area contributed by atoms with Gasteiger partial charge >= 0.3 is 0 Å². The zero-order chi connectivity index (χ0) is 20.7. The Morgan fingerprint density at radius 1 is 1.03 bits per heavy atom. The second-order valence-corrected chi connectivity index (χ2v) is 8.35. The summed E-state index contributed by atoms with van der Waals surface area (Å²) >= 11 is 6.21. The van der Waals surface area contributed by atoms with Gasteiger partial charge in [0.25, 0.3) is 0 Å². The zero-order valence-corrected chi connectivity index (χ0v) is 17.5. The fourth-order valence-corrected chi connectivity index (χ4v) is 4.46. The highest BCUT2D eigenvalue weighted by Gasteiger charge is 2.34. The fourth-order valence-electron chi connectivity index (χ4n) is 4.24. The number of fused-ring (bicyclic) bond motifs is 1. The van der Waals surface area contributed by atoms with Crippen molar-refractivity contribution in [3.8, 4) is 0 Å². The molecule has 1 aromatic heterocycles. The van der Waals surface area contributed by atoms with Crippen LogP contribution in [0.25, 0.3) is 11.0 Å². The van der Waals surface area contributed by atoms with Gasteiger partial charge in [-0.3, -0.25) is 4.79 Å². The van der Waals surface area contributed by atoms with Crippen molar-refractivity contribution in [3.63, 3.8) is 0 Å². The van der Waals surface area contributed by atoms with E-state index in [0.29, 0.717) is 19.5 Å². The summed E-state index contributed by atoms with van der Waals surface area (Å²) in [5.41, 5.74) is 5.28. The average Bonchev–Trinajstić information content (AvgIpc) is 3.30. The summed E-state index contributed by atoms with van der Waals surface area (Å²) in [5, 5.41) is 0.722. The van der Waals surface area contributed by atoms with Crippen LogP contribution >= 0.6 is 11.6 Å². The molecule has 150 valence electrons. The van der Waals surface area contributed by atoms with Crippen LogP contribution in [0.4, 0.5) is 5.69 Å². The maximum Gasteiger partial charge on any atom is 0.227 e. The minimum atomic E-state index is 0.0467. The van der Waals surface area contributed by atoms with Gasteiger partial charge in [-0.15, -0.1) is 0 Å². The van der Waals surface area contributed by atoms with Crippen LogP contribution in [0.2, 0.25) is 5.02 Å². The minimum absolute atomic E-state index is 0.0467. The van der Waals surface area contributed by atoms with Crippen molar-refractivity contribution < 1.29 is 4.79 Å². The minimum Gasteiger partial charge on any atom is -0.323 e. The van der Waals surface area contributed by atoms with Gasteiger partial charge < -0.3 is 9.47 Å². The fraction of sp³-hybridized carbons (Fsp3) is 0.200.